The lowest BCUT2D eigenvalue weighted by Crippen LogP contribution is -2.26. The van der Waals surface area contributed by atoms with Crippen molar-refractivity contribution in [2.45, 2.75) is 13.5 Å². The average molecular weight is 289 g/mol. The summed E-state index contributed by atoms with van der Waals surface area (Å²) >= 11 is 6.08. The third-order valence-electron chi connectivity index (χ3n) is 3.24. The molecule has 0 aromatic heterocycles. The molecule has 2 aromatic carbocycles. The van der Waals surface area contributed by atoms with E-state index in [2.05, 4.69) is 0 Å². The number of halogens is 1. The Morgan fingerprint density at radius 3 is 2.60 bits per heavy atom. The Morgan fingerprint density at radius 2 is 1.95 bits per heavy atom. The Morgan fingerprint density at radius 1 is 1.25 bits per heavy atom. The molecule has 0 aliphatic heterocycles. The van der Waals surface area contributed by atoms with Crippen molar-refractivity contribution < 1.29 is 4.79 Å². The molecule has 0 bridgehead atoms. The zero-order chi connectivity index (χ0) is 14.7. The standard InChI is InChI=1S/C16H17ClN2O/c1-11-5-3-4-6-12(11)10-19(2)16(20)14-8-7-13(18)9-15(14)17/h3-9H,10,18H2,1-2H3. The summed E-state index contributed by atoms with van der Waals surface area (Å²) in [6, 6.07) is 12.9. The fraction of sp³-hybridized carbons (Fsp3) is 0.188. The third-order valence-corrected chi connectivity index (χ3v) is 3.55. The Bertz CT molecular complexity index is 640. The molecule has 104 valence electrons. The van der Waals surface area contributed by atoms with E-state index in [-0.39, 0.29) is 5.91 Å². The second kappa shape index (κ2) is 5.97. The van der Waals surface area contributed by atoms with Crippen LogP contribution < -0.4 is 5.73 Å². The van der Waals surface area contributed by atoms with Crippen molar-refractivity contribution in [2.75, 3.05) is 12.8 Å². The molecule has 2 aromatic rings. The van der Waals surface area contributed by atoms with E-state index in [0.717, 1.165) is 11.1 Å². The predicted octanol–water partition coefficient (Wildman–Crippen LogP) is 3.50. The van der Waals surface area contributed by atoms with Gasteiger partial charge in [0.05, 0.1) is 10.6 Å². The van der Waals surface area contributed by atoms with Gasteiger partial charge in [-0.25, -0.2) is 0 Å². The second-order valence-electron chi connectivity index (χ2n) is 4.83. The van der Waals surface area contributed by atoms with Crippen molar-refractivity contribution in [2.24, 2.45) is 0 Å². The zero-order valence-electron chi connectivity index (χ0n) is 11.6. The smallest absolute Gasteiger partial charge is 0.255 e. The Hall–Kier alpha value is -2.00. The lowest BCUT2D eigenvalue weighted by atomic mass is 10.1. The molecule has 0 aliphatic rings. The first-order chi connectivity index (χ1) is 9.49. The highest BCUT2D eigenvalue weighted by molar-refractivity contribution is 6.34. The first kappa shape index (κ1) is 14.4. The molecule has 2 rings (SSSR count). The first-order valence-corrected chi connectivity index (χ1v) is 6.72. The minimum absolute atomic E-state index is 0.113. The van der Waals surface area contributed by atoms with Crippen molar-refractivity contribution in [3.63, 3.8) is 0 Å². The highest BCUT2D eigenvalue weighted by Crippen LogP contribution is 2.21. The van der Waals surface area contributed by atoms with Gasteiger partial charge in [-0.05, 0) is 36.2 Å². The van der Waals surface area contributed by atoms with Gasteiger partial charge in [-0.3, -0.25) is 4.79 Å². The summed E-state index contributed by atoms with van der Waals surface area (Å²) in [5.41, 5.74) is 8.94. The van der Waals surface area contributed by atoms with Crippen molar-refractivity contribution in [1.82, 2.24) is 4.90 Å². The molecule has 0 unspecified atom stereocenters. The number of carbonyl (C=O) groups excluding carboxylic acids is 1. The largest absolute Gasteiger partial charge is 0.399 e. The van der Waals surface area contributed by atoms with Crippen LogP contribution >= 0.6 is 11.6 Å². The number of nitrogen functional groups attached to an aromatic ring is 1. The highest BCUT2D eigenvalue weighted by Gasteiger charge is 2.15. The second-order valence-corrected chi connectivity index (χ2v) is 5.23. The third kappa shape index (κ3) is 3.11. The van der Waals surface area contributed by atoms with Gasteiger partial charge in [-0.2, -0.15) is 0 Å². The van der Waals surface area contributed by atoms with Crippen molar-refractivity contribution in [1.29, 1.82) is 0 Å². The lowest BCUT2D eigenvalue weighted by molar-refractivity contribution is 0.0785. The van der Waals surface area contributed by atoms with Crippen LogP contribution in [-0.2, 0) is 6.54 Å². The summed E-state index contributed by atoms with van der Waals surface area (Å²) in [6.45, 7) is 2.58. The van der Waals surface area contributed by atoms with Crippen molar-refractivity contribution in [3.05, 3.63) is 64.2 Å². The molecule has 4 heteroatoms. The molecule has 2 N–H and O–H groups in total. The fourth-order valence-corrected chi connectivity index (χ4v) is 2.30. The molecule has 0 saturated heterocycles. The van der Waals surface area contributed by atoms with Crippen LogP contribution in [0.4, 0.5) is 5.69 Å². The average Bonchev–Trinajstić information content (AvgIpc) is 2.40. The zero-order valence-corrected chi connectivity index (χ0v) is 12.3. The van der Waals surface area contributed by atoms with Gasteiger partial charge in [0, 0.05) is 19.3 Å². The molecule has 0 atom stereocenters. The van der Waals surface area contributed by atoms with Gasteiger partial charge in [0.2, 0.25) is 0 Å². The SMILES string of the molecule is Cc1ccccc1CN(C)C(=O)c1ccc(N)cc1Cl. The number of hydrogen-bond donors (Lipinski definition) is 1. The van der Waals surface area contributed by atoms with Crippen LogP contribution in [0.25, 0.3) is 0 Å². The Labute approximate surface area is 124 Å². The van der Waals surface area contributed by atoms with Crippen LogP contribution in [0.5, 0.6) is 0 Å². The minimum Gasteiger partial charge on any atom is -0.399 e. The van der Waals surface area contributed by atoms with E-state index in [4.69, 9.17) is 17.3 Å². The molecule has 0 spiro atoms. The summed E-state index contributed by atoms with van der Waals surface area (Å²) in [6.07, 6.45) is 0. The Kier molecular flexibility index (Phi) is 4.30. The quantitative estimate of drug-likeness (QED) is 0.879. The van der Waals surface area contributed by atoms with Crippen LogP contribution in [0.2, 0.25) is 5.02 Å². The van der Waals surface area contributed by atoms with Gasteiger partial charge >= 0.3 is 0 Å². The first-order valence-electron chi connectivity index (χ1n) is 6.34. The van der Waals surface area contributed by atoms with Crippen molar-refractivity contribution >= 4 is 23.2 Å². The molecular formula is C16H17ClN2O. The van der Waals surface area contributed by atoms with Gasteiger partial charge in [-0.1, -0.05) is 35.9 Å². The molecule has 3 nitrogen and oxygen atoms in total. The minimum atomic E-state index is -0.113. The summed E-state index contributed by atoms with van der Waals surface area (Å²) in [7, 11) is 1.77. The van der Waals surface area contributed by atoms with Crippen molar-refractivity contribution in [3.8, 4) is 0 Å². The lowest BCUT2D eigenvalue weighted by Gasteiger charge is -2.19. The number of amides is 1. The maximum Gasteiger partial charge on any atom is 0.255 e. The maximum atomic E-state index is 12.4. The molecule has 0 fully saturated rings. The van der Waals surface area contributed by atoms with Crippen LogP contribution in [0, 0.1) is 6.92 Å². The van der Waals surface area contributed by atoms with E-state index in [9.17, 15) is 4.79 Å². The number of benzene rings is 2. The summed E-state index contributed by atoms with van der Waals surface area (Å²) in [5, 5.41) is 0.381. The van der Waals surface area contributed by atoms with Gasteiger partial charge < -0.3 is 10.6 Å². The number of carbonyl (C=O) groups is 1. The van der Waals surface area contributed by atoms with Gasteiger partial charge in [0.25, 0.3) is 5.91 Å². The van der Waals surface area contributed by atoms with Crippen LogP contribution in [0.15, 0.2) is 42.5 Å². The maximum absolute atomic E-state index is 12.4. The van der Waals surface area contributed by atoms with Gasteiger partial charge in [0.15, 0.2) is 0 Å². The molecule has 20 heavy (non-hydrogen) atoms. The topological polar surface area (TPSA) is 46.3 Å². The number of rotatable bonds is 3. The molecule has 0 radical (unpaired) electrons. The fourth-order valence-electron chi connectivity index (χ4n) is 2.03. The molecule has 1 amide bonds. The summed E-state index contributed by atoms with van der Waals surface area (Å²) < 4.78 is 0. The van der Waals surface area contributed by atoms with Crippen LogP contribution in [0.3, 0.4) is 0 Å². The number of hydrogen-bond acceptors (Lipinski definition) is 2. The predicted molar refractivity (Wildman–Crippen MR) is 82.8 cm³/mol. The number of aryl methyl sites for hydroxylation is 1. The number of nitrogens with two attached hydrogens (primary N) is 1. The normalized spacial score (nSPS) is 10.3. The Balaban J connectivity index is 2.19. The number of anilines is 1. The van der Waals surface area contributed by atoms with Gasteiger partial charge in [0.1, 0.15) is 0 Å². The van der Waals surface area contributed by atoms with E-state index in [1.165, 1.54) is 0 Å². The summed E-state index contributed by atoms with van der Waals surface area (Å²) in [5.74, 6) is -0.113. The molecule has 0 aliphatic carbocycles. The molecular weight excluding hydrogens is 272 g/mol. The van der Waals surface area contributed by atoms with E-state index in [1.54, 1.807) is 30.1 Å². The van der Waals surface area contributed by atoms with E-state index in [1.807, 2.05) is 31.2 Å². The van der Waals surface area contributed by atoms with E-state index < -0.39 is 0 Å². The van der Waals surface area contributed by atoms with Crippen LogP contribution in [-0.4, -0.2) is 17.9 Å². The molecule has 0 saturated carbocycles. The monoisotopic (exact) mass is 288 g/mol. The van der Waals surface area contributed by atoms with Crippen LogP contribution in [0.1, 0.15) is 21.5 Å². The van der Waals surface area contributed by atoms with E-state index in [0.29, 0.717) is 22.8 Å². The summed E-state index contributed by atoms with van der Waals surface area (Å²) in [4.78, 5) is 14.0. The van der Waals surface area contributed by atoms with Gasteiger partial charge in [-0.15, -0.1) is 0 Å². The highest BCUT2D eigenvalue weighted by atomic mass is 35.5. The number of nitrogens with zero attached hydrogens (tertiary/aromatic N) is 1. The molecule has 0 heterocycles. The van der Waals surface area contributed by atoms with E-state index >= 15 is 0 Å².